The van der Waals surface area contributed by atoms with E-state index in [0.717, 1.165) is 45.1 Å². The van der Waals surface area contributed by atoms with Crippen LogP contribution in [0.1, 0.15) is 117 Å². The Hall–Kier alpha value is -0.640. The maximum atomic E-state index is 11.7. The van der Waals surface area contributed by atoms with Crippen molar-refractivity contribution in [3.8, 4) is 0 Å². The SMILES string of the molecule is CCCCCCCCOC(=O)CCCCC(=S)OCCCCCCCC. The fourth-order valence-electron chi connectivity index (χ4n) is 2.82. The molecule has 0 amide bonds. The summed E-state index contributed by atoms with van der Waals surface area (Å²) < 4.78 is 10.9. The van der Waals surface area contributed by atoms with Gasteiger partial charge in [-0.3, -0.25) is 4.79 Å². The topological polar surface area (TPSA) is 35.5 Å². The van der Waals surface area contributed by atoms with Crippen molar-refractivity contribution in [1.29, 1.82) is 0 Å². The van der Waals surface area contributed by atoms with Gasteiger partial charge in [-0.2, -0.15) is 0 Å². The second-order valence-corrected chi connectivity index (χ2v) is 7.64. The number of carbonyl (C=O) groups is 1. The molecule has 0 radical (unpaired) electrons. The maximum absolute atomic E-state index is 11.7. The molecular weight excluding hydrogens is 344 g/mol. The average molecular weight is 387 g/mol. The minimum Gasteiger partial charge on any atom is -0.487 e. The zero-order valence-corrected chi connectivity index (χ0v) is 18.2. The van der Waals surface area contributed by atoms with Gasteiger partial charge in [-0.25, -0.2) is 0 Å². The highest BCUT2D eigenvalue weighted by Gasteiger charge is 2.04. The van der Waals surface area contributed by atoms with Crippen molar-refractivity contribution in [2.24, 2.45) is 0 Å². The molecule has 0 aromatic rings. The average Bonchev–Trinajstić information content (AvgIpc) is 2.64. The molecule has 154 valence electrons. The van der Waals surface area contributed by atoms with Gasteiger partial charge in [-0.15, -0.1) is 0 Å². The van der Waals surface area contributed by atoms with Crippen LogP contribution in [0.2, 0.25) is 0 Å². The van der Waals surface area contributed by atoms with Gasteiger partial charge in [0.15, 0.2) is 5.05 Å². The number of ether oxygens (including phenoxy) is 2. The molecular formula is C22H42O3S. The highest BCUT2D eigenvalue weighted by molar-refractivity contribution is 7.80. The number of thiocarbonyl (C=S) groups is 1. The minimum atomic E-state index is -0.0718. The van der Waals surface area contributed by atoms with Crippen LogP contribution < -0.4 is 0 Å². The van der Waals surface area contributed by atoms with Crippen molar-refractivity contribution in [2.45, 2.75) is 117 Å². The molecule has 0 aromatic carbocycles. The van der Waals surface area contributed by atoms with Gasteiger partial charge in [0, 0.05) is 12.8 Å². The van der Waals surface area contributed by atoms with Crippen LogP contribution in [0.3, 0.4) is 0 Å². The monoisotopic (exact) mass is 386 g/mol. The second kappa shape index (κ2) is 20.7. The van der Waals surface area contributed by atoms with Gasteiger partial charge in [-0.1, -0.05) is 78.1 Å². The van der Waals surface area contributed by atoms with Crippen molar-refractivity contribution < 1.29 is 14.3 Å². The van der Waals surface area contributed by atoms with Crippen molar-refractivity contribution >= 4 is 23.2 Å². The van der Waals surface area contributed by atoms with Gasteiger partial charge in [0.2, 0.25) is 0 Å². The van der Waals surface area contributed by atoms with E-state index < -0.39 is 0 Å². The van der Waals surface area contributed by atoms with E-state index in [1.807, 2.05) is 0 Å². The van der Waals surface area contributed by atoms with Gasteiger partial charge >= 0.3 is 5.97 Å². The van der Waals surface area contributed by atoms with Gasteiger partial charge in [0.05, 0.1) is 13.2 Å². The van der Waals surface area contributed by atoms with Crippen LogP contribution in [0.25, 0.3) is 0 Å². The van der Waals surface area contributed by atoms with Crippen LogP contribution in [0.4, 0.5) is 0 Å². The molecule has 0 saturated carbocycles. The first-order valence-corrected chi connectivity index (χ1v) is 11.4. The maximum Gasteiger partial charge on any atom is 0.305 e. The summed E-state index contributed by atoms with van der Waals surface area (Å²) in [6.07, 6.45) is 17.8. The van der Waals surface area contributed by atoms with Crippen LogP contribution in [0.5, 0.6) is 0 Å². The van der Waals surface area contributed by atoms with E-state index in [1.54, 1.807) is 0 Å². The summed E-state index contributed by atoms with van der Waals surface area (Å²) in [7, 11) is 0. The van der Waals surface area contributed by atoms with E-state index in [1.165, 1.54) is 57.8 Å². The molecule has 0 heterocycles. The molecule has 3 nitrogen and oxygen atoms in total. The number of unbranched alkanes of at least 4 members (excludes halogenated alkanes) is 11. The lowest BCUT2D eigenvalue weighted by molar-refractivity contribution is -0.143. The summed E-state index contributed by atoms with van der Waals surface area (Å²) in [5.74, 6) is -0.0718. The first-order valence-electron chi connectivity index (χ1n) is 11.0. The van der Waals surface area contributed by atoms with Gasteiger partial charge in [0.1, 0.15) is 0 Å². The summed E-state index contributed by atoms with van der Waals surface area (Å²) >= 11 is 5.24. The molecule has 0 unspecified atom stereocenters. The summed E-state index contributed by atoms with van der Waals surface area (Å²) in [6.45, 7) is 5.77. The van der Waals surface area contributed by atoms with Gasteiger partial charge < -0.3 is 9.47 Å². The van der Waals surface area contributed by atoms with Crippen LogP contribution in [0, 0.1) is 0 Å². The Morgan fingerprint density at radius 2 is 1.08 bits per heavy atom. The summed E-state index contributed by atoms with van der Waals surface area (Å²) in [5.41, 5.74) is 0. The molecule has 0 saturated heterocycles. The Morgan fingerprint density at radius 1 is 0.615 bits per heavy atom. The Kier molecular flexibility index (Phi) is 20.2. The number of hydrogen-bond donors (Lipinski definition) is 0. The quantitative estimate of drug-likeness (QED) is 0.134. The Labute approximate surface area is 167 Å². The molecule has 0 rings (SSSR count). The van der Waals surface area contributed by atoms with Crippen molar-refractivity contribution in [3.05, 3.63) is 0 Å². The molecule has 0 atom stereocenters. The van der Waals surface area contributed by atoms with Crippen LogP contribution in [0.15, 0.2) is 0 Å². The third kappa shape index (κ3) is 19.7. The molecule has 0 aliphatic heterocycles. The number of carbonyl (C=O) groups excluding carboxylic acids is 1. The first-order chi connectivity index (χ1) is 12.7. The minimum absolute atomic E-state index is 0.0718. The molecule has 0 N–H and O–H groups in total. The number of hydrogen-bond acceptors (Lipinski definition) is 4. The predicted octanol–water partition coefficient (Wildman–Crippen LogP) is 7.16. The number of esters is 1. The first kappa shape index (κ1) is 25.4. The van der Waals surface area contributed by atoms with Crippen molar-refractivity contribution in [1.82, 2.24) is 0 Å². The standard InChI is InChI=1S/C22H42O3S/c1-3-5-7-9-11-15-19-24-21(23)17-13-14-18-22(26)25-20-16-12-10-8-6-4-2/h3-20H2,1-2H3. The summed E-state index contributed by atoms with van der Waals surface area (Å²) in [4.78, 5) is 11.7. The molecule has 0 fully saturated rings. The largest absolute Gasteiger partial charge is 0.487 e. The normalized spacial score (nSPS) is 10.7. The lowest BCUT2D eigenvalue weighted by atomic mass is 10.1. The van der Waals surface area contributed by atoms with Crippen molar-refractivity contribution in [3.63, 3.8) is 0 Å². The van der Waals surface area contributed by atoms with E-state index in [2.05, 4.69) is 13.8 Å². The molecule has 0 aromatic heterocycles. The fourth-order valence-corrected chi connectivity index (χ4v) is 3.05. The van der Waals surface area contributed by atoms with E-state index in [0.29, 0.717) is 18.1 Å². The van der Waals surface area contributed by atoms with Crippen LogP contribution >= 0.6 is 12.2 Å². The zero-order valence-electron chi connectivity index (χ0n) is 17.4. The van der Waals surface area contributed by atoms with Crippen molar-refractivity contribution in [2.75, 3.05) is 13.2 Å². The summed E-state index contributed by atoms with van der Waals surface area (Å²) in [5, 5.41) is 0.694. The van der Waals surface area contributed by atoms with E-state index in [4.69, 9.17) is 21.7 Å². The molecule has 0 spiro atoms. The van der Waals surface area contributed by atoms with Gasteiger partial charge in [-0.05, 0) is 37.9 Å². The van der Waals surface area contributed by atoms with Crippen LogP contribution in [-0.4, -0.2) is 24.2 Å². The highest BCUT2D eigenvalue weighted by Crippen LogP contribution is 2.08. The Bertz CT molecular complexity index is 299. The molecule has 0 bridgehead atoms. The predicted molar refractivity (Wildman–Crippen MR) is 115 cm³/mol. The Morgan fingerprint density at radius 3 is 1.65 bits per heavy atom. The third-order valence-electron chi connectivity index (χ3n) is 4.53. The second-order valence-electron chi connectivity index (χ2n) is 7.18. The molecule has 0 aliphatic carbocycles. The highest BCUT2D eigenvalue weighted by atomic mass is 32.1. The zero-order chi connectivity index (χ0) is 19.3. The molecule has 0 aliphatic rings. The molecule has 4 heteroatoms. The van der Waals surface area contributed by atoms with E-state index in [-0.39, 0.29) is 5.97 Å². The smallest absolute Gasteiger partial charge is 0.305 e. The van der Waals surface area contributed by atoms with Crippen LogP contribution in [-0.2, 0) is 14.3 Å². The molecule has 26 heavy (non-hydrogen) atoms. The lowest BCUT2D eigenvalue weighted by Crippen LogP contribution is -2.07. The van der Waals surface area contributed by atoms with E-state index >= 15 is 0 Å². The van der Waals surface area contributed by atoms with Gasteiger partial charge in [0.25, 0.3) is 0 Å². The summed E-state index contributed by atoms with van der Waals surface area (Å²) in [6, 6.07) is 0. The Balaban J connectivity index is 3.31. The van der Waals surface area contributed by atoms with E-state index in [9.17, 15) is 4.79 Å². The third-order valence-corrected chi connectivity index (χ3v) is 4.86. The number of rotatable bonds is 19. The lowest BCUT2D eigenvalue weighted by Gasteiger charge is -2.08. The fraction of sp³-hybridized carbons (Fsp3) is 0.909.